The molecule has 0 fully saturated rings. The van der Waals surface area contributed by atoms with Crippen molar-refractivity contribution in [2.24, 2.45) is 0 Å². The summed E-state index contributed by atoms with van der Waals surface area (Å²) in [6.45, 7) is 0. The molecule has 3 heterocycles. The van der Waals surface area contributed by atoms with Crippen molar-refractivity contribution in [1.82, 2.24) is 9.55 Å². The largest absolute Gasteiger partial charge is 0.438 e. The van der Waals surface area contributed by atoms with Gasteiger partial charge in [0.25, 0.3) is 0 Å². The highest BCUT2D eigenvalue weighted by Crippen LogP contribution is 2.36. The van der Waals surface area contributed by atoms with Gasteiger partial charge in [0, 0.05) is 44.8 Å². The maximum atomic E-state index is 5.90. The molecule has 0 unspecified atom stereocenters. The Labute approximate surface area is 212 Å². The third kappa shape index (κ3) is 3.13. The molecular weight excluding hydrogens is 454 g/mol. The fraction of sp³-hybridized carbons (Fsp3) is 0. The van der Waals surface area contributed by atoms with Gasteiger partial charge in [-0.25, -0.2) is 4.98 Å². The van der Waals surface area contributed by atoms with E-state index in [1.54, 1.807) is 6.20 Å². The van der Waals surface area contributed by atoms with Crippen molar-refractivity contribution in [2.45, 2.75) is 0 Å². The van der Waals surface area contributed by atoms with Gasteiger partial charge in [-0.1, -0.05) is 48.5 Å². The highest BCUT2D eigenvalue weighted by Gasteiger charge is 2.14. The Kier molecular flexibility index (Phi) is 4.19. The average molecular weight is 476 g/mol. The Morgan fingerprint density at radius 2 is 1.38 bits per heavy atom. The minimum Gasteiger partial charge on any atom is -0.438 e. The maximum Gasteiger partial charge on any atom is 0.227 e. The second-order valence-electron chi connectivity index (χ2n) is 9.41. The Bertz CT molecular complexity index is 2130. The lowest BCUT2D eigenvalue weighted by molar-refractivity contribution is 0.654. The van der Waals surface area contributed by atoms with E-state index >= 15 is 0 Å². The topological polar surface area (TPSA) is 43.0 Å². The molecular formula is C33H21N3O. The van der Waals surface area contributed by atoms with Gasteiger partial charge in [-0.05, 0) is 77.5 Å². The minimum atomic E-state index is 0.663. The van der Waals surface area contributed by atoms with Gasteiger partial charge in [-0.15, -0.1) is 0 Å². The number of nitrogens with one attached hydrogen (secondary N) is 1. The van der Waals surface area contributed by atoms with Gasteiger partial charge in [0.05, 0.1) is 11.0 Å². The predicted molar refractivity (Wildman–Crippen MR) is 153 cm³/mol. The summed E-state index contributed by atoms with van der Waals surface area (Å²) >= 11 is 0. The molecule has 0 radical (unpaired) electrons. The van der Waals surface area contributed by atoms with Crippen LogP contribution in [0.4, 0.5) is 11.4 Å². The third-order valence-corrected chi connectivity index (χ3v) is 7.18. The van der Waals surface area contributed by atoms with Crippen LogP contribution in [0, 0.1) is 0 Å². The van der Waals surface area contributed by atoms with Crippen molar-refractivity contribution < 1.29 is 4.42 Å². The quantitative estimate of drug-likeness (QED) is 0.277. The van der Waals surface area contributed by atoms with Crippen LogP contribution in [0.1, 0.15) is 0 Å². The van der Waals surface area contributed by atoms with Crippen LogP contribution in [-0.4, -0.2) is 9.55 Å². The summed E-state index contributed by atoms with van der Waals surface area (Å²) in [6.07, 6.45) is 1.76. The first-order chi connectivity index (χ1) is 18.3. The third-order valence-electron chi connectivity index (χ3n) is 7.18. The van der Waals surface area contributed by atoms with Gasteiger partial charge in [0.15, 0.2) is 0 Å². The summed E-state index contributed by atoms with van der Waals surface area (Å²) in [7, 11) is 0. The van der Waals surface area contributed by atoms with E-state index in [9.17, 15) is 0 Å². The molecule has 4 nitrogen and oxygen atoms in total. The van der Waals surface area contributed by atoms with Crippen LogP contribution in [0.25, 0.3) is 60.3 Å². The van der Waals surface area contributed by atoms with E-state index in [2.05, 4.69) is 106 Å². The van der Waals surface area contributed by atoms with Gasteiger partial charge in [0.1, 0.15) is 5.58 Å². The molecule has 8 aromatic rings. The zero-order chi connectivity index (χ0) is 24.3. The lowest BCUT2D eigenvalue weighted by atomic mass is 10.1. The molecule has 0 bridgehead atoms. The van der Waals surface area contributed by atoms with Crippen molar-refractivity contribution in [1.29, 1.82) is 0 Å². The summed E-state index contributed by atoms with van der Waals surface area (Å²) in [4.78, 5) is 4.35. The Morgan fingerprint density at radius 3 is 2.32 bits per heavy atom. The first-order valence-electron chi connectivity index (χ1n) is 12.4. The summed E-state index contributed by atoms with van der Waals surface area (Å²) in [5.74, 6) is 0. The van der Waals surface area contributed by atoms with Crippen molar-refractivity contribution in [3.63, 3.8) is 0 Å². The van der Waals surface area contributed by atoms with Gasteiger partial charge < -0.3 is 14.3 Å². The SMILES string of the molecule is c1cc(Nc2ccc3oc4ncccc4c3c2)cc(-n2c3ccccc3c3cc4ccccc4cc32)c1. The van der Waals surface area contributed by atoms with E-state index in [1.165, 1.54) is 32.6 Å². The van der Waals surface area contributed by atoms with Crippen LogP contribution in [0.5, 0.6) is 0 Å². The molecule has 0 saturated carbocycles. The monoisotopic (exact) mass is 475 g/mol. The van der Waals surface area contributed by atoms with Crippen molar-refractivity contribution in [2.75, 3.05) is 5.32 Å². The zero-order valence-electron chi connectivity index (χ0n) is 19.8. The van der Waals surface area contributed by atoms with Crippen LogP contribution in [0.2, 0.25) is 0 Å². The summed E-state index contributed by atoms with van der Waals surface area (Å²) in [5, 5.41) is 10.7. The molecule has 1 N–H and O–H groups in total. The molecule has 0 amide bonds. The molecule has 37 heavy (non-hydrogen) atoms. The molecule has 0 aliphatic carbocycles. The summed E-state index contributed by atoms with van der Waals surface area (Å²) in [5.41, 5.74) is 7.05. The minimum absolute atomic E-state index is 0.663. The number of furan rings is 1. The second-order valence-corrected chi connectivity index (χ2v) is 9.41. The van der Waals surface area contributed by atoms with Gasteiger partial charge in [-0.2, -0.15) is 0 Å². The lowest BCUT2D eigenvalue weighted by Gasteiger charge is -2.12. The first-order valence-corrected chi connectivity index (χ1v) is 12.4. The van der Waals surface area contributed by atoms with E-state index in [0.717, 1.165) is 33.4 Å². The molecule has 0 atom stereocenters. The maximum absolute atomic E-state index is 5.90. The summed E-state index contributed by atoms with van der Waals surface area (Å²) < 4.78 is 8.26. The molecule has 0 spiro atoms. The number of benzene rings is 5. The fourth-order valence-electron chi connectivity index (χ4n) is 5.51. The fourth-order valence-corrected chi connectivity index (χ4v) is 5.51. The van der Waals surface area contributed by atoms with Gasteiger partial charge >= 0.3 is 0 Å². The standard InChI is InChI=1S/C33H21N3O/c1-2-8-22-18-31-28(17-21(22)7-1)26-11-3-4-13-30(26)36(31)25-10-5-9-23(19-25)35-24-14-15-32-29(20-24)27-12-6-16-34-33(27)37-32/h1-20,35H. The zero-order valence-corrected chi connectivity index (χ0v) is 19.8. The van der Waals surface area contributed by atoms with E-state index in [1.807, 2.05) is 24.3 Å². The highest BCUT2D eigenvalue weighted by atomic mass is 16.3. The second kappa shape index (κ2) is 7.70. The normalized spacial score (nSPS) is 11.8. The molecule has 3 aromatic heterocycles. The number of pyridine rings is 1. The lowest BCUT2D eigenvalue weighted by Crippen LogP contribution is -1.96. The molecule has 174 valence electrons. The number of anilines is 2. The number of aromatic nitrogens is 2. The Morgan fingerprint density at radius 1 is 0.568 bits per heavy atom. The van der Waals surface area contributed by atoms with E-state index in [-0.39, 0.29) is 0 Å². The first kappa shape index (κ1) is 20.1. The molecule has 5 aromatic carbocycles. The smallest absolute Gasteiger partial charge is 0.227 e. The number of hydrogen-bond acceptors (Lipinski definition) is 3. The summed E-state index contributed by atoms with van der Waals surface area (Å²) in [6, 6.07) is 40.6. The van der Waals surface area contributed by atoms with Crippen LogP contribution in [0.15, 0.2) is 126 Å². The van der Waals surface area contributed by atoms with Crippen molar-refractivity contribution >= 4 is 66.0 Å². The highest BCUT2D eigenvalue weighted by molar-refractivity contribution is 6.13. The average Bonchev–Trinajstić information content (AvgIpc) is 3.47. The van der Waals surface area contributed by atoms with Crippen LogP contribution in [0.3, 0.4) is 0 Å². The number of para-hydroxylation sites is 1. The van der Waals surface area contributed by atoms with Crippen LogP contribution < -0.4 is 5.32 Å². The Hall–Kier alpha value is -5.09. The van der Waals surface area contributed by atoms with Crippen molar-refractivity contribution in [3.8, 4) is 5.69 Å². The number of fused-ring (bicyclic) bond motifs is 7. The number of hydrogen-bond donors (Lipinski definition) is 1. The van der Waals surface area contributed by atoms with Gasteiger partial charge in [-0.3, -0.25) is 0 Å². The number of nitrogens with zero attached hydrogens (tertiary/aromatic N) is 2. The molecule has 0 aliphatic heterocycles. The van der Waals surface area contributed by atoms with E-state index < -0.39 is 0 Å². The van der Waals surface area contributed by atoms with Crippen molar-refractivity contribution in [3.05, 3.63) is 121 Å². The molecule has 8 rings (SSSR count). The number of rotatable bonds is 3. The Balaban J connectivity index is 1.27. The molecule has 0 aliphatic rings. The van der Waals surface area contributed by atoms with Gasteiger partial charge in [0.2, 0.25) is 5.71 Å². The molecule has 4 heteroatoms. The van der Waals surface area contributed by atoms with Crippen LogP contribution >= 0.6 is 0 Å². The van der Waals surface area contributed by atoms with E-state index in [4.69, 9.17) is 4.42 Å². The predicted octanol–water partition coefficient (Wildman–Crippen LogP) is 8.97. The molecule has 0 saturated heterocycles. The van der Waals surface area contributed by atoms with E-state index in [0.29, 0.717) is 5.71 Å². The van der Waals surface area contributed by atoms with Crippen LogP contribution in [-0.2, 0) is 0 Å².